The highest BCUT2D eigenvalue weighted by atomic mass is 16.4. The Labute approximate surface area is 123 Å². The molecule has 21 heavy (non-hydrogen) atoms. The summed E-state index contributed by atoms with van der Waals surface area (Å²) in [5.74, 6) is -1.28. The third-order valence-electron chi connectivity index (χ3n) is 3.13. The van der Waals surface area contributed by atoms with Crippen molar-refractivity contribution < 1.29 is 14.7 Å². The summed E-state index contributed by atoms with van der Waals surface area (Å²) in [4.78, 5) is 23.3. The van der Waals surface area contributed by atoms with Gasteiger partial charge in [0.25, 0.3) is 0 Å². The SMILES string of the molecule is Cc1cccc(CC(=O)Nc2ccc(C)cc2C(=O)O)c1. The number of carbonyl (C=O) groups excluding carboxylic acids is 1. The van der Waals surface area contributed by atoms with E-state index in [0.717, 1.165) is 16.7 Å². The summed E-state index contributed by atoms with van der Waals surface area (Å²) in [6.45, 7) is 3.77. The Balaban J connectivity index is 2.15. The largest absolute Gasteiger partial charge is 0.478 e. The highest BCUT2D eigenvalue weighted by Gasteiger charge is 2.13. The number of aromatic carboxylic acids is 1. The number of hydrogen-bond donors (Lipinski definition) is 2. The van der Waals surface area contributed by atoms with Crippen molar-refractivity contribution in [2.45, 2.75) is 20.3 Å². The zero-order valence-electron chi connectivity index (χ0n) is 12.0. The van der Waals surface area contributed by atoms with E-state index in [-0.39, 0.29) is 17.9 Å². The molecule has 0 aromatic heterocycles. The van der Waals surface area contributed by atoms with E-state index in [1.165, 1.54) is 0 Å². The summed E-state index contributed by atoms with van der Waals surface area (Å²) < 4.78 is 0. The molecular weight excluding hydrogens is 266 g/mol. The van der Waals surface area contributed by atoms with E-state index in [1.807, 2.05) is 38.1 Å². The molecule has 4 nitrogen and oxygen atoms in total. The number of nitrogens with one attached hydrogen (secondary N) is 1. The zero-order chi connectivity index (χ0) is 15.4. The summed E-state index contributed by atoms with van der Waals surface area (Å²) in [5, 5.41) is 11.8. The summed E-state index contributed by atoms with van der Waals surface area (Å²) in [6, 6.07) is 12.6. The van der Waals surface area contributed by atoms with Gasteiger partial charge in [0.2, 0.25) is 5.91 Å². The van der Waals surface area contributed by atoms with Crippen molar-refractivity contribution in [3.63, 3.8) is 0 Å². The van der Waals surface area contributed by atoms with Crippen LogP contribution in [0.4, 0.5) is 5.69 Å². The van der Waals surface area contributed by atoms with E-state index in [2.05, 4.69) is 5.32 Å². The monoisotopic (exact) mass is 283 g/mol. The van der Waals surface area contributed by atoms with Gasteiger partial charge in [-0.15, -0.1) is 0 Å². The van der Waals surface area contributed by atoms with Crippen molar-refractivity contribution in [1.29, 1.82) is 0 Å². The molecule has 0 saturated heterocycles. The van der Waals surface area contributed by atoms with Crippen LogP contribution in [0.3, 0.4) is 0 Å². The molecule has 2 aromatic rings. The molecule has 0 radical (unpaired) electrons. The summed E-state index contributed by atoms with van der Waals surface area (Å²) in [5.41, 5.74) is 3.25. The number of carboxylic acid groups (broad SMARTS) is 1. The minimum absolute atomic E-state index is 0.104. The molecule has 108 valence electrons. The van der Waals surface area contributed by atoms with Crippen molar-refractivity contribution in [2.75, 3.05) is 5.32 Å². The van der Waals surface area contributed by atoms with Crippen LogP contribution in [0.2, 0.25) is 0 Å². The van der Waals surface area contributed by atoms with E-state index in [9.17, 15) is 14.7 Å². The molecule has 1 amide bonds. The summed E-state index contributed by atoms with van der Waals surface area (Å²) in [6.07, 6.45) is 0.217. The van der Waals surface area contributed by atoms with Gasteiger partial charge in [-0.3, -0.25) is 4.79 Å². The lowest BCUT2D eigenvalue weighted by molar-refractivity contribution is -0.115. The van der Waals surface area contributed by atoms with Crippen molar-refractivity contribution in [3.8, 4) is 0 Å². The van der Waals surface area contributed by atoms with Gasteiger partial charge in [0.05, 0.1) is 17.7 Å². The average molecular weight is 283 g/mol. The Kier molecular flexibility index (Phi) is 4.38. The van der Waals surface area contributed by atoms with Crippen LogP contribution < -0.4 is 5.32 Å². The molecule has 0 atom stereocenters. The molecule has 2 rings (SSSR count). The molecule has 0 aliphatic carbocycles. The van der Waals surface area contributed by atoms with Crippen molar-refractivity contribution in [2.24, 2.45) is 0 Å². The highest BCUT2D eigenvalue weighted by molar-refractivity contribution is 6.01. The van der Waals surface area contributed by atoms with Crippen LogP contribution in [0.25, 0.3) is 0 Å². The number of anilines is 1. The number of hydrogen-bond acceptors (Lipinski definition) is 2. The van der Waals surface area contributed by atoms with Gasteiger partial charge in [-0.05, 0) is 31.5 Å². The molecule has 0 unspecified atom stereocenters. The molecule has 0 heterocycles. The first kappa shape index (κ1) is 14.8. The Bertz CT molecular complexity index is 692. The van der Waals surface area contributed by atoms with Crippen LogP contribution in [0.15, 0.2) is 42.5 Å². The summed E-state index contributed by atoms with van der Waals surface area (Å²) >= 11 is 0. The Hall–Kier alpha value is -2.62. The Morgan fingerprint density at radius 3 is 2.43 bits per heavy atom. The van der Waals surface area contributed by atoms with E-state index in [0.29, 0.717) is 5.69 Å². The van der Waals surface area contributed by atoms with Gasteiger partial charge >= 0.3 is 5.97 Å². The lowest BCUT2D eigenvalue weighted by Gasteiger charge is -2.09. The fraction of sp³-hybridized carbons (Fsp3) is 0.176. The normalized spacial score (nSPS) is 10.2. The maximum Gasteiger partial charge on any atom is 0.337 e. The second-order valence-corrected chi connectivity index (χ2v) is 5.07. The van der Waals surface area contributed by atoms with Crippen LogP contribution in [0, 0.1) is 13.8 Å². The molecular formula is C17H17NO3. The smallest absolute Gasteiger partial charge is 0.337 e. The topological polar surface area (TPSA) is 66.4 Å². The Morgan fingerprint density at radius 2 is 1.76 bits per heavy atom. The quantitative estimate of drug-likeness (QED) is 0.905. The number of benzene rings is 2. The van der Waals surface area contributed by atoms with Gasteiger partial charge in [0.1, 0.15) is 0 Å². The van der Waals surface area contributed by atoms with Crippen LogP contribution in [-0.4, -0.2) is 17.0 Å². The molecule has 0 aliphatic heterocycles. The van der Waals surface area contributed by atoms with Crippen molar-refractivity contribution in [1.82, 2.24) is 0 Å². The number of rotatable bonds is 4. The molecule has 0 aliphatic rings. The second-order valence-electron chi connectivity index (χ2n) is 5.07. The fourth-order valence-corrected chi connectivity index (χ4v) is 2.15. The van der Waals surface area contributed by atoms with Crippen molar-refractivity contribution in [3.05, 3.63) is 64.7 Å². The molecule has 4 heteroatoms. The first-order valence-corrected chi connectivity index (χ1v) is 6.65. The van der Waals surface area contributed by atoms with E-state index < -0.39 is 5.97 Å². The maximum absolute atomic E-state index is 12.0. The van der Waals surface area contributed by atoms with Crippen LogP contribution in [0.1, 0.15) is 27.0 Å². The molecule has 2 N–H and O–H groups in total. The number of carbonyl (C=O) groups is 2. The minimum Gasteiger partial charge on any atom is -0.478 e. The summed E-state index contributed by atoms with van der Waals surface area (Å²) in [7, 11) is 0. The highest BCUT2D eigenvalue weighted by Crippen LogP contribution is 2.18. The van der Waals surface area contributed by atoms with Gasteiger partial charge in [0, 0.05) is 0 Å². The van der Waals surface area contributed by atoms with Crippen molar-refractivity contribution >= 4 is 17.6 Å². The van der Waals surface area contributed by atoms with E-state index in [4.69, 9.17) is 0 Å². The standard InChI is InChI=1S/C17H17NO3/c1-11-4-3-5-13(8-11)10-16(19)18-15-7-6-12(2)9-14(15)17(20)21/h3-9H,10H2,1-2H3,(H,18,19)(H,20,21). The first-order valence-electron chi connectivity index (χ1n) is 6.65. The minimum atomic E-state index is -1.05. The van der Waals surface area contributed by atoms with Gasteiger partial charge in [-0.2, -0.15) is 0 Å². The maximum atomic E-state index is 12.0. The van der Waals surface area contributed by atoms with Crippen LogP contribution >= 0.6 is 0 Å². The fourth-order valence-electron chi connectivity index (χ4n) is 2.15. The lowest BCUT2D eigenvalue weighted by Crippen LogP contribution is -2.17. The van der Waals surface area contributed by atoms with Gasteiger partial charge < -0.3 is 10.4 Å². The molecule has 0 bridgehead atoms. The molecule has 0 fully saturated rings. The van der Waals surface area contributed by atoms with Crippen LogP contribution in [0.5, 0.6) is 0 Å². The number of aryl methyl sites for hydroxylation is 2. The first-order chi connectivity index (χ1) is 9.95. The van der Waals surface area contributed by atoms with E-state index in [1.54, 1.807) is 18.2 Å². The number of amides is 1. The Morgan fingerprint density at radius 1 is 1.05 bits per heavy atom. The predicted molar refractivity (Wildman–Crippen MR) is 81.7 cm³/mol. The van der Waals surface area contributed by atoms with Gasteiger partial charge in [-0.25, -0.2) is 4.79 Å². The van der Waals surface area contributed by atoms with E-state index >= 15 is 0 Å². The molecule has 0 saturated carbocycles. The third-order valence-corrected chi connectivity index (χ3v) is 3.13. The lowest BCUT2D eigenvalue weighted by atomic mass is 10.1. The predicted octanol–water partition coefficient (Wildman–Crippen LogP) is 3.18. The molecule has 0 spiro atoms. The molecule has 2 aromatic carbocycles. The third kappa shape index (κ3) is 3.92. The number of carboxylic acids is 1. The van der Waals surface area contributed by atoms with Gasteiger partial charge in [0.15, 0.2) is 0 Å². The second kappa shape index (κ2) is 6.22. The van der Waals surface area contributed by atoms with Gasteiger partial charge in [-0.1, -0.05) is 41.5 Å². The van der Waals surface area contributed by atoms with Crippen LogP contribution in [-0.2, 0) is 11.2 Å². The average Bonchev–Trinajstić information content (AvgIpc) is 2.40. The zero-order valence-corrected chi connectivity index (χ0v) is 12.0.